The highest BCUT2D eigenvalue weighted by Gasteiger charge is 2.61. The van der Waals surface area contributed by atoms with Crippen LogP contribution in [-0.2, 0) is 10.1 Å². The van der Waals surface area contributed by atoms with E-state index in [1.807, 2.05) is 11.1 Å². The van der Waals surface area contributed by atoms with E-state index in [-0.39, 0.29) is 5.75 Å². The molecule has 4 nitrogen and oxygen atoms in total. The minimum absolute atomic E-state index is 0.222. The molecule has 3 aliphatic carbocycles. The number of hydrogen-bond donors (Lipinski definition) is 1. The molecule has 0 aromatic rings. The Morgan fingerprint density at radius 2 is 1.82 bits per heavy atom. The summed E-state index contributed by atoms with van der Waals surface area (Å²) in [5.74, 6) is 1.84. The van der Waals surface area contributed by atoms with E-state index in [0.717, 1.165) is 18.3 Å². The summed E-state index contributed by atoms with van der Waals surface area (Å²) in [7, 11) is -3.92. The summed E-state index contributed by atoms with van der Waals surface area (Å²) >= 11 is 0. The van der Waals surface area contributed by atoms with E-state index in [1.54, 1.807) is 0 Å². The second-order valence-corrected chi connectivity index (χ2v) is 12.7. The minimum Gasteiger partial charge on any atom is -0.353 e. The van der Waals surface area contributed by atoms with Gasteiger partial charge >= 0.3 is 0 Å². The Balaban J connectivity index is 1.58. The molecule has 0 amide bonds. The summed E-state index contributed by atoms with van der Waals surface area (Å²) < 4.78 is 31.3. The second kappa shape index (κ2) is 6.60. The van der Waals surface area contributed by atoms with Gasteiger partial charge in [-0.15, -0.1) is 0 Å². The number of nitrogens with zero attached hydrogens (tertiary/aromatic N) is 1. The van der Waals surface area contributed by atoms with Crippen molar-refractivity contribution in [2.45, 2.75) is 72.6 Å². The van der Waals surface area contributed by atoms with Crippen LogP contribution in [0.2, 0.25) is 0 Å². The molecule has 0 saturated heterocycles. The Hall–Kier alpha value is -0.810. The van der Waals surface area contributed by atoms with Gasteiger partial charge in [-0.3, -0.25) is 4.55 Å². The lowest BCUT2D eigenvalue weighted by Gasteiger charge is -2.66. The molecule has 1 aliphatic heterocycles. The summed E-state index contributed by atoms with van der Waals surface area (Å²) in [6, 6.07) is 0. The lowest BCUT2D eigenvalue weighted by molar-refractivity contribution is -0.147. The molecule has 3 fully saturated rings. The minimum atomic E-state index is -3.92. The van der Waals surface area contributed by atoms with Gasteiger partial charge in [0.2, 0.25) is 0 Å². The Kier molecular flexibility index (Phi) is 4.82. The van der Waals surface area contributed by atoms with E-state index in [9.17, 15) is 8.42 Å². The zero-order valence-electron chi connectivity index (χ0n) is 17.9. The van der Waals surface area contributed by atoms with Gasteiger partial charge in [0.1, 0.15) is 0 Å². The van der Waals surface area contributed by atoms with E-state index in [0.29, 0.717) is 28.7 Å². The molecule has 28 heavy (non-hydrogen) atoms. The van der Waals surface area contributed by atoms with Crippen molar-refractivity contribution in [2.24, 2.45) is 34.0 Å². The monoisotopic (exact) mass is 407 g/mol. The average molecular weight is 408 g/mol. The van der Waals surface area contributed by atoms with Gasteiger partial charge in [-0.25, -0.2) is 0 Å². The van der Waals surface area contributed by atoms with Crippen molar-refractivity contribution in [2.75, 3.05) is 12.3 Å². The Labute approximate surface area is 171 Å². The highest BCUT2D eigenvalue weighted by atomic mass is 32.2. The van der Waals surface area contributed by atoms with E-state index >= 15 is 0 Å². The van der Waals surface area contributed by atoms with Crippen molar-refractivity contribution in [1.29, 1.82) is 0 Å². The van der Waals surface area contributed by atoms with Crippen LogP contribution in [0.25, 0.3) is 0 Å². The molecule has 5 atom stereocenters. The summed E-state index contributed by atoms with van der Waals surface area (Å²) in [6.45, 7) is 10.4. The van der Waals surface area contributed by atoms with Gasteiger partial charge in [0.05, 0.1) is 5.75 Å². The number of hydrogen-bond acceptors (Lipinski definition) is 3. The summed E-state index contributed by atoms with van der Waals surface area (Å²) in [5, 5.41) is 0. The van der Waals surface area contributed by atoms with Crippen molar-refractivity contribution >= 4 is 10.1 Å². The first-order chi connectivity index (χ1) is 13.0. The Morgan fingerprint density at radius 3 is 2.54 bits per heavy atom. The van der Waals surface area contributed by atoms with Crippen molar-refractivity contribution in [3.63, 3.8) is 0 Å². The van der Waals surface area contributed by atoms with Crippen LogP contribution < -0.4 is 0 Å². The van der Waals surface area contributed by atoms with Gasteiger partial charge in [0.25, 0.3) is 10.1 Å². The normalized spacial score (nSPS) is 42.2. The van der Waals surface area contributed by atoms with Crippen LogP contribution in [0.5, 0.6) is 0 Å². The van der Waals surface area contributed by atoms with Crippen LogP contribution in [0, 0.1) is 34.0 Å². The zero-order valence-corrected chi connectivity index (χ0v) is 18.8. The molecular weight excluding hydrogens is 370 g/mol. The molecule has 1 N–H and O–H groups in total. The van der Waals surface area contributed by atoms with Crippen molar-refractivity contribution < 1.29 is 13.0 Å². The molecule has 0 aromatic heterocycles. The van der Waals surface area contributed by atoms with E-state index < -0.39 is 10.1 Å². The molecule has 4 aliphatic rings. The SMILES string of the molecule is CC1(C)CCC[C@]2(C)[C@H]3CCC4=CN(CCS(=O)(=O)O)C=CC4[C@]3(C)CC[C@@H]12. The maximum absolute atomic E-state index is 11.1. The fourth-order valence-corrected chi connectivity index (χ4v) is 8.35. The molecule has 0 aromatic carbocycles. The van der Waals surface area contributed by atoms with Crippen LogP contribution in [0.1, 0.15) is 72.6 Å². The average Bonchev–Trinajstić information content (AvgIpc) is 2.58. The predicted molar refractivity (Wildman–Crippen MR) is 113 cm³/mol. The smallest absolute Gasteiger partial charge is 0.266 e. The van der Waals surface area contributed by atoms with E-state index in [1.165, 1.54) is 44.1 Å². The third kappa shape index (κ3) is 3.27. The molecule has 0 bridgehead atoms. The van der Waals surface area contributed by atoms with Crippen LogP contribution in [0.15, 0.2) is 24.0 Å². The molecule has 1 unspecified atom stereocenters. The van der Waals surface area contributed by atoms with E-state index in [4.69, 9.17) is 4.55 Å². The highest BCUT2D eigenvalue weighted by Crippen LogP contribution is 2.69. The summed E-state index contributed by atoms with van der Waals surface area (Å²) in [6.07, 6.45) is 15.6. The first-order valence-electron chi connectivity index (χ1n) is 11.1. The molecule has 158 valence electrons. The summed E-state index contributed by atoms with van der Waals surface area (Å²) in [4.78, 5) is 1.94. The predicted octanol–water partition coefficient (Wildman–Crippen LogP) is 5.25. The fourth-order valence-electron chi connectivity index (χ4n) is 7.91. The molecular formula is C23H37NO3S. The molecule has 4 rings (SSSR count). The molecule has 1 heterocycles. The summed E-state index contributed by atoms with van der Waals surface area (Å²) in [5.41, 5.74) is 2.65. The van der Waals surface area contributed by atoms with Crippen LogP contribution in [-0.4, -0.2) is 30.2 Å². The Morgan fingerprint density at radius 1 is 1.07 bits per heavy atom. The third-order valence-electron chi connectivity index (χ3n) is 9.08. The van der Waals surface area contributed by atoms with Crippen molar-refractivity contribution in [3.05, 3.63) is 24.0 Å². The maximum atomic E-state index is 11.1. The largest absolute Gasteiger partial charge is 0.353 e. The topological polar surface area (TPSA) is 57.6 Å². The first kappa shape index (κ1) is 20.5. The van der Waals surface area contributed by atoms with Gasteiger partial charge < -0.3 is 4.90 Å². The van der Waals surface area contributed by atoms with Gasteiger partial charge in [0.15, 0.2) is 0 Å². The lowest BCUT2D eigenvalue weighted by atomic mass is 9.39. The fraction of sp³-hybridized carbons (Fsp3) is 0.826. The van der Waals surface area contributed by atoms with Gasteiger partial charge in [-0.05, 0) is 72.2 Å². The lowest BCUT2D eigenvalue weighted by Crippen LogP contribution is -2.58. The van der Waals surface area contributed by atoms with Crippen molar-refractivity contribution in [3.8, 4) is 0 Å². The van der Waals surface area contributed by atoms with Gasteiger partial charge in [-0.2, -0.15) is 8.42 Å². The van der Waals surface area contributed by atoms with Crippen LogP contribution in [0.4, 0.5) is 0 Å². The van der Waals surface area contributed by atoms with Crippen LogP contribution >= 0.6 is 0 Å². The molecule has 0 spiro atoms. The number of fused-ring (bicyclic) bond motifs is 5. The maximum Gasteiger partial charge on any atom is 0.266 e. The number of allylic oxidation sites excluding steroid dienone is 2. The first-order valence-corrected chi connectivity index (χ1v) is 12.7. The molecule has 0 radical (unpaired) electrons. The third-order valence-corrected chi connectivity index (χ3v) is 9.78. The quantitative estimate of drug-likeness (QED) is 0.650. The van der Waals surface area contributed by atoms with E-state index in [2.05, 4.69) is 40.0 Å². The van der Waals surface area contributed by atoms with Crippen molar-refractivity contribution in [1.82, 2.24) is 4.90 Å². The second-order valence-electron chi connectivity index (χ2n) is 11.1. The molecule has 5 heteroatoms. The Bertz CT molecular complexity index is 799. The standard InChI is InChI=1S/C23H37NO3S/c1-21(2)10-5-11-23(4)19(21)8-12-22(3)18-9-13-24(14-15-28(25,26)27)16-17(18)6-7-20(22)23/h9,13,16,18-20H,5-8,10-12,14-15H2,1-4H3,(H,25,26,27)/t18?,19-,20-,22-,23-/m0/s1. The van der Waals surface area contributed by atoms with Gasteiger partial charge in [0, 0.05) is 24.9 Å². The zero-order chi connectivity index (χ0) is 20.4. The number of rotatable bonds is 3. The van der Waals surface area contributed by atoms with Crippen LogP contribution in [0.3, 0.4) is 0 Å². The van der Waals surface area contributed by atoms with Gasteiger partial charge in [-0.1, -0.05) is 40.2 Å². The highest BCUT2D eigenvalue weighted by molar-refractivity contribution is 7.85. The molecule has 3 saturated carbocycles.